The summed E-state index contributed by atoms with van der Waals surface area (Å²) in [6.07, 6.45) is 3.24. The summed E-state index contributed by atoms with van der Waals surface area (Å²) in [6, 6.07) is -0.0971. The molecule has 0 aliphatic heterocycles. The second kappa shape index (κ2) is 5.60. The maximum Gasteiger partial charge on any atom is 0.0996 e. The van der Waals surface area contributed by atoms with Crippen molar-refractivity contribution in [3.63, 3.8) is 0 Å². The van der Waals surface area contributed by atoms with Crippen LogP contribution in [0, 0.1) is 5.92 Å². The first-order valence-electron chi connectivity index (χ1n) is 6.30. The van der Waals surface area contributed by atoms with Crippen LogP contribution < -0.4 is 5.73 Å². The first-order chi connectivity index (χ1) is 7.91. The standard InChI is InChI=1S/C12H24N4O/c1-5-12(17,6-2)8-16-7-10(14-15-16)11(13)9(3)4/h7,9,11,17H,5-6,8,13H2,1-4H3. The summed E-state index contributed by atoms with van der Waals surface area (Å²) in [5, 5.41) is 18.3. The van der Waals surface area contributed by atoms with Crippen molar-refractivity contribution in [1.82, 2.24) is 15.0 Å². The van der Waals surface area contributed by atoms with Crippen molar-refractivity contribution in [2.75, 3.05) is 0 Å². The van der Waals surface area contributed by atoms with Gasteiger partial charge in [0.15, 0.2) is 0 Å². The molecule has 0 saturated carbocycles. The summed E-state index contributed by atoms with van der Waals surface area (Å²) in [5.74, 6) is 0.330. The third-order valence-corrected chi connectivity index (χ3v) is 3.39. The summed E-state index contributed by atoms with van der Waals surface area (Å²) in [7, 11) is 0. The fraction of sp³-hybridized carbons (Fsp3) is 0.833. The molecule has 1 aromatic heterocycles. The quantitative estimate of drug-likeness (QED) is 0.789. The predicted octanol–water partition coefficient (Wildman–Crippen LogP) is 1.49. The number of aliphatic hydroxyl groups is 1. The van der Waals surface area contributed by atoms with Crippen LogP contribution in [0.5, 0.6) is 0 Å². The Balaban J connectivity index is 2.75. The molecular weight excluding hydrogens is 216 g/mol. The highest BCUT2D eigenvalue weighted by Gasteiger charge is 2.24. The molecule has 3 N–H and O–H groups in total. The molecule has 1 atom stereocenters. The molecule has 0 aliphatic carbocycles. The molecule has 0 aromatic carbocycles. The maximum atomic E-state index is 10.2. The van der Waals surface area contributed by atoms with Crippen LogP contribution in [0.3, 0.4) is 0 Å². The average Bonchev–Trinajstić information content (AvgIpc) is 2.76. The van der Waals surface area contributed by atoms with Crippen LogP contribution >= 0.6 is 0 Å². The van der Waals surface area contributed by atoms with Gasteiger partial charge in [-0.2, -0.15) is 0 Å². The maximum absolute atomic E-state index is 10.2. The van der Waals surface area contributed by atoms with Gasteiger partial charge in [-0.25, -0.2) is 4.68 Å². The van der Waals surface area contributed by atoms with Gasteiger partial charge in [0.25, 0.3) is 0 Å². The van der Waals surface area contributed by atoms with Crippen molar-refractivity contribution in [3.05, 3.63) is 11.9 Å². The predicted molar refractivity (Wildman–Crippen MR) is 67.3 cm³/mol. The van der Waals surface area contributed by atoms with Crippen LogP contribution in [-0.2, 0) is 6.54 Å². The zero-order chi connectivity index (χ0) is 13.1. The molecule has 1 aromatic rings. The monoisotopic (exact) mass is 240 g/mol. The highest BCUT2D eigenvalue weighted by Crippen LogP contribution is 2.19. The van der Waals surface area contributed by atoms with E-state index in [2.05, 4.69) is 24.2 Å². The highest BCUT2D eigenvalue weighted by atomic mass is 16.3. The van der Waals surface area contributed by atoms with Crippen molar-refractivity contribution in [2.24, 2.45) is 11.7 Å². The fourth-order valence-corrected chi connectivity index (χ4v) is 1.66. The molecule has 1 rings (SSSR count). The molecule has 17 heavy (non-hydrogen) atoms. The van der Waals surface area contributed by atoms with Gasteiger partial charge < -0.3 is 10.8 Å². The van der Waals surface area contributed by atoms with Crippen molar-refractivity contribution < 1.29 is 5.11 Å². The average molecular weight is 240 g/mol. The SMILES string of the molecule is CCC(O)(CC)Cn1cc(C(N)C(C)C)nn1. The minimum Gasteiger partial charge on any atom is -0.388 e. The number of rotatable bonds is 6. The van der Waals surface area contributed by atoms with Crippen LogP contribution in [0.4, 0.5) is 0 Å². The molecule has 5 heteroatoms. The van der Waals surface area contributed by atoms with E-state index in [0.29, 0.717) is 25.3 Å². The van der Waals surface area contributed by atoms with E-state index in [0.717, 1.165) is 5.69 Å². The molecule has 0 saturated heterocycles. The lowest BCUT2D eigenvalue weighted by molar-refractivity contribution is 0.0114. The number of hydrogen-bond acceptors (Lipinski definition) is 4. The van der Waals surface area contributed by atoms with Gasteiger partial charge in [-0.1, -0.05) is 32.9 Å². The molecule has 5 nitrogen and oxygen atoms in total. The molecule has 0 bridgehead atoms. The van der Waals surface area contributed by atoms with Crippen LogP contribution in [-0.4, -0.2) is 25.7 Å². The molecule has 0 radical (unpaired) electrons. The first-order valence-corrected chi connectivity index (χ1v) is 6.30. The Morgan fingerprint density at radius 1 is 1.41 bits per heavy atom. The summed E-state index contributed by atoms with van der Waals surface area (Å²) >= 11 is 0. The van der Waals surface area contributed by atoms with Crippen molar-refractivity contribution in [3.8, 4) is 0 Å². The molecule has 98 valence electrons. The molecule has 0 amide bonds. The summed E-state index contributed by atoms with van der Waals surface area (Å²) < 4.78 is 1.69. The lowest BCUT2D eigenvalue weighted by Gasteiger charge is -2.24. The van der Waals surface area contributed by atoms with Crippen LogP contribution in [0.15, 0.2) is 6.20 Å². The van der Waals surface area contributed by atoms with Gasteiger partial charge in [-0.15, -0.1) is 5.10 Å². The van der Waals surface area contributed by atoms with E-state index in [1.807, 2.05) is 20.0 Å². The second-order valence-electron chi connectivity index (χ2n) is 5.04. The smallest absolute Gasteiger partial charge is 0.0996 e. The molecular formula is C12H24N4O. The van der Waals surface area contributed by atoms with Gasteiger partial charge in [0, 0.05) is 0 Å². The lowest BCUT2D eigenvalue weighted by Crippen LogP contribution is -2.32. The van der Waals surface area contributed by atoms with Gasteiger partial charge in [0.1, 0.15) is 0 Å². The van der Waals surface area contributed by atoms with E-state index in [1.54, 1.807) is 4.68 Å². The fourth-order valence-electron chi connectivity index (χ4n) is 1.66. The van der Waals surface area contributed by atoms with Crippen LogP contribution in [0.25, 0.3) is 0 Å². The van der Waals surface area contributed by atoms with E-state index < -0.39 is 5.60 Å². The summed E-state index contributed by atoms with van der Waals surface area (Å²) in [4.78, 5) is 0. The zero-order valence-electron chi connectivity index (χ0n) is 11.2. The third kappa shape index (κ3) is 3.51. The Hall–Kier alpha value is -0.940. The Morgan fingerprint density at radius 2 is 2.00 bits per heavy atom. The van der Waals surface area contributed by atoms with Crippen molar-refractivity contribution in [1.29, 1.82) is 0 Å². The zero-order valence-corrected chi connectivity index (χ0v) is 11.2. The topological polar surface area (TPSA) is 77.0 Å². The molecule has 0 aliphatic rings. The van der Waals surface area contributed by atoms with Gasteiger partial charge in [0.2, 0.25) is 0 Å². The molecule has 0 spiro atoms. The number of aromatic nitrogens is 3. The van der Waals surface area contributed by atoms with E-state index in [-0.39, 0.29) is 6.04 Å². The van der Waals surface area contributed by atoms with Gasteiger partial charge in [-0.3, -0.25) is 0 Å². The van der Waals surface area contributed by atoms with Crippen LogP contribution in [0.2, 0.25) is 0 Å². The van der Waals surface area contributed by atoms with E-state index in [1.165, 1.54) is 0 Å². The largest absolute Gasteiger partial charge is 0.388 e. The third-order valence-electron chi connectivity index (χ3n) is 3.39. The Kier molecular flexibility index (Phi) is 4.65. The minimum absolute atomic E-state index is 0.0971. The second-order valence-corrected chi connectivity index (χ2v) is 5.04. The van der Waals surface area contributed by atoms with E-state index >= 15 is 0 Å². The number of nitrogens with two attached hydrogens (primary N) is 1. The van der Waals surface area contributed by atoms with Crippen LogP contribution in [0.1, 0.15) is 52.3 Å². The molecule has 1 unspecified atom stereocenters. The molecule has 0 fully saturated rings. The minimum atomic E-state index is -0.701. The first kappa shape index (κ1) is 14.1. The Labute approximate surface area is 103 Å². The van der Waals surface area contributed by atoms with Gasteiger partial charge in [-0.05, 0) is 18.8 Å². The van der Waals surface area contributed by atoms with Gasteiger partial charge >= 0.3 is 0 Å². The van der Waals surface area contributed by atoms with E-state index in [9.17, 15) is 5.11 Å². The Bertz CT molecular complexity index is 344. The summed E-state index contributed by atoms with van der Waals surface area (Å²) in [6.45, 7) is 8.52. The highest BCUT2D eigenvalue weighted by molar-refractivity contribution is 5.01. The van der Waals surface area contributed by atoms with Gasteiger partial charge in [0.05, 0.1) is 30.1 Å². The Morgan fingerprint density at radius 3 is 2.47 bits per heavy atom. The molecule has 1 heterocycles. The lowest BCUT2D eigenvalue weighted by atomic mass is 9.98. The van der Waals surface area contributed by atoms with E-state index in [4.69, 9.17) is 5.73 Å². The summed E-state index contributed by atoms with van der Waals surface area (Å²) in [5.41, 5.74) is 6.09. The number of hydrogen-bond donors (Lipinski definition) is 2. The van der Waals surface area contributed by atoms with Crippen molar-refractivity contribution >= 4 is 0 Å². The normalized spacial score (nSPS) is 14.3. The number of nitrogens with zero attached hydrogens (tertiary/aromatic N) is 3. The van der Waals surface area contributed by atoms with Crippen molar-refractivity contribution in [2.45, 2.75) is 58.7 Å².